The van der Waals surface area contributed by atoms with Gasteiger partial charge < -0.3 is 4.98 Å². The van der Waals surface area contributed by atoms with E-state index in [1.807, 2.05) is 24.4 Å². The van der Waals surface area contributed by atoms with E-state index in [9.17, 15) is 4.39 Å². The normalized spacial score (nSPS) is 15.8. The molecule has 2 aromatic carbocycles. The van der Waals surface area contributed by atoms with Crippen LogP contribution in [-0.4, -0.2) is 29.5 Å². The molecule has 0 spiro atoms. The highest BCUT2D eigenvalue weighted by atomic mass is 19.1. The summed E-state index contributed by atoms with van der Waals surface area (Å²) in [7, 11) is 0. The fourth-order valence-electron chi connectivity index (χ4n) is 3.41. The van der Waals surface area contributed by atoms with Gasteiger partial charge in [-0.1, -0.05) is 48.6 Å². The van der Waals surface area contributed by atoms with Gasteiger partial charge in [0.15, 0.2) is 0 Å². The van der Waals surface area contributed by atoms with Crippen LogP contribution >= 0.6 is 0 Å². The zero-order valence-corrected chi connectivity index (χ0v) is 14.1. The van der Waals surface area contributed by atoms with Gasteiger partial charge in [-0.05, 0) is 35.8 Å². The maximum absolute atomic E-state index is 14.1. The highest BCUT2D eigenvalue weighted by Gasteiger charge is 2.11. The number of nitrogens with zero attached hydrogens (tertiary/aromatic N) is 1. The Morgan fingerprint density at radius 3 is 2.76 bits per heavy atom. The molecule has 1 aliphatic rings. The maximum Gasteiger partial charge on any atom is 0.131 e. The molecular weight excluding hydrogens is 311 g/mol. The van der Waals surface area contributed by atoms with Crippen LogP contribution < -0.4 is 0 Å². The summed E-state index contributed by atoms with van der Waals surface area (Å²) in [5.41, 5.74) is 4.37. The predicted octanol–water partition coefficient (Wildman–Crippen LogP) is 5.11. The summed E-state index contributed by atoms with van der Waals surface area (Å²) in [5, 5.41) is 0.932. The van der Waals surface area contributed by atoms with Gasteiger partial charge in [-0.25, -0.2) is 4.39 Å². The SMILES string of the molecule is Fc1ccc2[nH]ccc2c1C=CCN1CC=C(c2ccccc2)CC1. The third-order valence-corrected chi connectivity index (χ3v) is 4.81. The second-order valence-corrected chi connectivity index (χ2v) is 6.41. The van der Waals surface area contributed by atoms with Gasteiger partial charge in [-0.2, -0.15) is 0 Å². The van der Waals surface area contributed by atoms with Gasteiger partial charge in [0.05, 0.1) is 0 Å². The van der Waals surface area contributed by atoms with Crippen LogP contribution in [0.2, 0.25) is 0 Å². The largest absolute Gasteiger partial charge is 0.361 e. The quantitative estimate of drug-likeness (QED) is 0.703. The monoisotopic (exact) mass is 332 g/mol. The highest BCUT2D eigenvalue weighted by molar-refractivity contribution is 5.88. The molecule has 0 bridgehead atoms. The van der Waals surface area contributed by atoms with Crippen molar-refractivity contribution in [3.63, 3.8) is 0 Å². The van der Waals surface area contributed by atoms with Crippen LogP contribution in [0, 0.1) is 5.82 Å². The summed E-state index contributed by atoms with van der Waals surface area (Å²) in [6.45, 7) is 2.80. The third kappa shape index (κ3) is 3.42. The molecule has 2 heterocycles. The van der Waals surface area contributed by atoms with Gasteiger partial charge in [-0.3, -0.25) is 4.90 Å². The van der Waals surface area contributed by atoms with Gasteiger partial charge >= 0.3 is 0 Å². The lowest BCUT2D eigenvalue weighted by Gasteiger charge is -2.25. The second kappa shape index (κ2) is 7.08. The first-order valence-electron chi connectivity index (χ1n) is 8.70. The maximum atomic E-state index is 14.1. The minimum Gasteiger partial charge on any atom is -0.361 e. The van der Waals surface area contributed by atoms with E-state index in [4.69, 9.17) is 0 Å². The number of benzene rings is 2. The van der Waals surface area contributed by atoms with Crippen LogP contribution in [0.15, 0.2) is 66.9 Å². The minimum absolute atomic E-state index is 0.173. The first kappa shape index (κ1) is 15.9. The molecule has 3 heteroatoms. The van der Waals surface area contributed by atoms with E-state index in [1.54, 1.807) is 6.07 Å². The number of hydrogen-bond donors (Lipinski definition) is 1. The summed E-state index contributed by atoms with van der Waals surface area (Å²) in [6.07, 6.45) is 9.18. The Labute approximate surface area is 147 Å². The fourth-order valence-corrected chi connectivity index (χ4v) is 3.41. The summed E-state index contributed by atoms with van der Waals surface area (Å²) in [6, 6.07) is 15.8. The first-order valence-corrected chi connectivity index (χ1v) is 8.70. The van der Waals surface area contributed by atoms with E-state index in [2.05, 4.69) is 46.3 Å². The number of rotatable bonds is 4. The molecular formula is C22H21FN2. The number of H-pyrrole nitrogens is 1. The molecule has 0 unspecified atom stereocenters. The molecule has 126 valence electrons. The number of nitrogens with one attached hydrogen (secondary N) is 1. The van der Waals surface area contributed by atoms with Crippen molar-refractivity contribution in [2.75, 3.05) is 19.6 Å². The van der Waals surface area contributed by atoms with Crippen molar-refractivity contribution >= 4 is 22.6 Å². The van der Waals surface area contributed by atoms with Crippen LogP contribution in [-0.2, 0) is 0 Å². The number of aromatic nitrogens is 1. The van der Waals surface area contributed by atoms with E-state index in [0.29, 0.717) is 5.56 Å². The third-order valence-electron chi connectivity index (χ3n) is 4.81. The van der Waals surface area contributed by atoms with Gasteiger partial charge in [-0.15, -0.1) is 0 Å². The minimum atomic E-state index is -0.173. The van der Waals surface area contributed by atoms with E-state index in [1.165, 1.54) is 17.2 Å². The molecule has 2 nitrogen and oxygen atoms in total. The molecule has 4 rings (SSSR count). The van der Waals surface area contributed by atoms with E-state index < -0.39 is 0 Å². The molecule has 1 aliphatic heterocycles. The van der Waals surface area contributed by atoms with Gasteiger partial charge in [0.1, 0.15) is 5.82 Å². The molecule has 0 fully saturated rings. The Balaban J connectivity index is 1.42. The molecule has 0 saturated heterocycles. The Bertz CT molecular complexity index is 922. The number of hydrogen-bond acceptors (Lipinski definition) is 1. The molecule has 0 atom stereocenters. The Morgan fingerprint density at radius 1 is 1.08 bits per heavy atom. The van der Waals surface area contributed by atoms with Crippen molar-refractivity contribution in [2.45, 2.75) is 6.42 Å². The summed E-state index contributed by atoms with van der Waals surface area (Å²) >= 11 is 0. The molecule has 0 amide bonds. The topological polar surface area (TPSA) is 19.0 Å². The zero-order valence-electron chi connectivity index (χ0n) is 14.1. The molecule has 3 aromatic rings. The van der Waals surface area contributed by atoms with Crippen LogP contribution in [0.25, 0.3) is 22.6 Å². The molecule has 25 heavy (non-hydrogen) atoms. The van der Waals surface area contributed by atoms with Gasteiger partial charge in [0.25, 0.3) is 0 Å². The molecule has 1 aromatic heterocycles. The summed E-state index contributed by atoms with van der Waals surface area (Å²) < 4.78 is 14.1. The van der Waals surface area contributed by atoms with Crippen LogP contribution in [0.4, 0.5) is 4.39 Å². The average Bonchev–Trinajstić information content (AvgIpc) is 3.14. The Kier molecular flexibility index (Phi) is 4.49. The van der Waals surface area contributed by atoms with Crippen molar-refractivity contribution in [2.24, 2.45) is 0 Å². The zero-order chi connectivity index (χ0) is 17.1. The van der Waals surface area contributed by atoms with Crippen molar-refractivity contribution in [1.29, 1.82) is 0 Å². The van der Waals surface area contributed by atoms with Crippen LogP contribution in [0.3, 0.4) is 0 Å². The van der Waals surface area contributed by atoms with Crippen LogP contribution in [0.5, 0.6) is 0 Å². The smallest absolute Gasteiger partial charge is 0.131 e. The Morgan fingerprint density at radius 2 is 1.96 bits per heavy atom. The van der Waals surface area contributed by atoms with Crippen LogP contribution in [0.1, 0.15) is 17.5 Å². The standard InChI is InChI=1S/C22H21FN2/c23-21-8-9-22-20(10-13-24-22)19(21)7-4-14-25-15-11-18(12-16-25)17-5-2-1-3-6-17/h1-11,13,24H,12,14-16H2. The average molecular weight is 332 g/mol. The number of fused-ring (bicyclic) bond motifs is 1. The van der Waals surface area contributed by atoms with Crippen molar-refractivity contribution in [1.82, 2.24) is 9.88 Å². The summed E-state index contributed by atoms with van der Waals surface area (Å²) in [4.78, 5) is 5.50. The molecule has 1 N–H and O–H groups in total. The molecule has 0 aliphatic carbocycles. The molecule has 0 radical (unpaired) electrons. The fraction of sp³-hybridized carbons (Fsp3) is 0.182. The lowest BCUT2D eigenvalue weighted by Crippen LogP contribution is -2.28. The van der Waals surface area contributed by atoms with E-state index >= 15 is 0 Å². The van der Waals surface area contributed by atoms with Crippen molar-refractivity contribution in [3.8, 4) is 0 Å². The molecule has 0 saturated carbocycles. The summed E-state index contributed by atoms with van der Waals surface area (Å²) in [5.74, 6) is -0.173. The van der Waals surface area contributed by atoms with Gasteiger partial charge in [0.2, 0.25) is 0 Å². The predicted molar refractivity (Wildman–Crippen MR) is 103 cm³/mol. The lowest BCUT2D eigenvalue weighted by molar-refractivity contribution is 0.335. The van der Waals surface area contributed by atoms with E-state index in [0.717, 1.165) is 37.0 Å². The Hall–Kier alpha value is -2.65. The van der Waals surface area contributed by atoms with E-state index in [-0.39, 0.29) is 5.82 Å². The highest BCUT2D eigenvalue weighted by Crippen LogP contribution is 2.23. The first-order chi connectivity index (χ1) is 12.3. The van der Waals surface area contributed by atoms with Crippen molar-refractivity contribution < 1.29 is 4.39 Å². The lowest BCUT2D eigenvalue weighted by atomic mass is 9.99. The second-order valence-electron chi connectivity index (χ2n) is 6.41. The number of halogens is 1. The van der Waals surface area contributed by atoms with Crippen molar-refractivity contribution in [3.05, 3.63) is 83.8 Å². The number of aromatic amines is 1. The van der Waals surface area contributed by atoms with Gasteiger partial charge in [0, 0.05) is 42.3 Å².